The van der Waals surface area contributed by atoms with E-state index < -0.39 is 5.63 Å². The standard InChI is InChI=1S/C18H14N2O4/c1-22-11-4-6-16-10(7-11)8-13(18(21)24-16)17-19-14-5-3-12(23-2)9-15(14)20-17/h3-9H,1-2H3,(H,19,20). The third-order valence-electron chi connectivity index (χ3n) is 3.88. The highest BCUT2D eigenvalue weighted by molar-refractivity contribution is 5.85. The minimum absolute atomic E-state index is 0.367. The molecule has 0 unspecified atom stereocenters. The van der Waals surface area contributed by atoms with E-state index in [1.54, 1.807) is 32.4 Å². The predicted molar refractivity (Wildman–Crippen MR) is 90.7 cm³/mol. The van der Waals surface area contributed by atoms with Crippen molar-refractivity contribution in [2.45, 2.75) is 0 Å². The van der Waals surface area contributed by atoms with E-state index >= 15 is 0 Å². The highest BCUT2D eigenvalue weighted by Crippen LogP contribution is 2.26. The van der Waals surface area contributed by atoms with E-state index in [0.717, 1.165) is 16.4 Å². The van der Waals surface area contributed by atoms with Crippen molar-refractivity contribution in [1.29, 1.82) is 0 Å². The molecule has 0 aliphatic heterocycles. The number of nitrogens with zero attached hydrogens (tertiary/aromatic N) is 1. The SMILES string of the molecule is COc1ccc2oc(=O)c(-c3nc4ccc(OC)cc4[nH]3)cc2c1. The Bertz CT molecular complexity index is 1110. The molecule has 0 spiro atoms. The van der Waals surface area contributed by atoms with Crippen molar-refractivity contribution in [3.63, 3.8) is 0 Å². The fourth-order valence-corrected chi connectivity index (χ4v) is 2.64. The number of hydrogen-bond acceptors (Lipinski definition) is 5. The lowest BCUT2D eigenvalue weighted by Crippen LogP contribution is -2.03. The third-order valence-corrected chi connectivity index (χ3v) is 3.88. The molecular weight excluding hydrogens is 308 g/mol. The molecular formula is C18H14N2O4. The summed E-state index contributed by atoms with van der Waals surface area (Å²) in [5.74, 6) is 1.86. The largest absolute Gasteiger partial charge is 0.497 e. The Kier molecular flexibility index (Phi) is 3.23. The number of rotatable bonds is 3. The Morgan fingerprint density at radius 2 is 1.75 bits per heavy atom. The van der Waals surface area contributed by atoms with E-state index in [-0.39, 0.29) is 0 Å². The van der Waals surface area contributed by atoms with Gasteiger partial charge in [-0.15, -0.1) is 0 Å². The smallest absolute Gasteiger partial charge is 0.347 e. The van der Waals surface area contributed by atoms with Gasteiger partial charge in [0.05, 0.1) is 25.3 Å². The van der Waals surface area contributed by atoms with Gasteiger partial charge in [0.2, 0.25) is 0 Å². The molecule has 2 aromatic heterocycles. The third kappa shape index (κ3) is 2.28. The van der Waals surface area contributed by atoms with Gasteiger partial charge >= 0.3 is 5.63 Å². The van der Waals surface area contributed by atoms with Crippen LogP contribution in [0.4, 0.5) is 0 Å². The number of hydrogen-bond donors (Lipinski definition) is 1. The molecule has 24 heavy (non-hydrogen) atoms. The summed E-state index contributed by atoms with van der Waals surface area (Å²) in [7, 11) is 3.19. The number of imidazole rings is 1. The zero-order valence-corrected chi connectivity index (χ0v) is 13.1. The summed E-state index contributed by atoms with van der Waals surface area (Å²) in [6.07, 6.45) is 0. The number of nitrogens with one attached hydrogen (secondary N) is 1. The fourth-order valence-electron chi connectivity index (χ4n) is 2.64. The maximum atomic E-state index is 12.3. The summed E-state index contributed by atoms with van der Waals surface area (Å²) >= 11 is 0. The van der Waals surface area contributed by atoms with Crippen LogP contribution in [0, 0.1) is 0 Å². The van der Waals surface area contributed by atoms with Crippen molar-refractivity contribution in [3.05, 3.63) is 52.9 Å². The first-order chi connectivity index (χ1) is 11.7. The van der Waals surface area contributed by atoms with Crippen molar-refractivity contribution < 1.29 is 13.9 Å². The molecule has 1 N–H and O–H groups in total. The molecule has 0 atom stereocenters. The Hall–Kier alpha value is -3.28. The van der Waals surface area contributed by atoms with E-state index in [1.807, 2.05) is 24.3 Å². The van der Waals surface area contributed by atoms with Crippen molar-refractivity contribution in [3.8, 4) is 22.9 Å². The Morgan fingerprint density at radius 3 is 2.54 bits per heavy atom. The Balaban J connectivity index is 1.91. The van der Waals surface area contributed by atoms with Gasteiger partial charge in [-0.25, -0.2) is 9.78 Å². The topological polar surface area (TPSA) is 77.3 Å². The van der Waals surface area contributed by atoms with Crippen LogP contribution in [0.25, 0.3) is 33.4 Å². The zero-order chi connectivity index (χ0) is 16.7. The van der Waals surface area contributed by atoms with E-state index in [1.165, 1.54) is 0 Å². The van der Waals surface area contributed by atoms with Gasteiger partial charge in [0, 0.05) is 11.5 Å². The van der Waals surface area contributed by atoms with E-state index in [4.69, 9.17) is 13.9 Å². The monoisotopic (exact) mass is 322 g/mol. The van der Waals surface area contributed by atoms with Gasteiger partial charge in [-0.2, -0.15) is 0 Å². The van der Waals surface area contributed by atoms with Crippen LogP contribution in [-0.2, 0) is 0 Å². The lowest BCUT2D eigenvalue weighted by atomic mass is 10.1. The summed E-state index contributed by atoms with van der Waals surface area (Å²) in [6.45, 7) is 0. The highest BCUT2D eigenvalue weighted by Gasteiger charge is 2.13. The van der Waals surface area contributed by atoms with Crippen LogP contribution in [0.3, 0.4) is 0 Å². The van der Waals surface area contributed by atoms with Gasteiger partial charge in [-0.3, -0.25) is 0 Å². The minimum atomic E-state index is -0.446. The molecule has 4 rings (SSSR count). The van der Waals surface area contributed by atoms with E-state index in [9.17, 15) is 4.79 Å². The van der Waals surface area contributed by atoms with Gasteiger partial charge in [-0.05, 0) is 36.4 Å². The molecule has 0 amide bonds. The summed E-state index contributed by atoms with van der Waals surface area (Å²) in [6, 6.07) is 12.5. The number of aromatic nitrogens is 2. The van der Waals surface area contributed by atoms with Crippen LogP contribution in [0.1, 0.15) is 0 Å². The number of benzene rings is 2. The van der Waals surface area contributed by atoms with Crippen LogP contribution in [0.5, 0.6) is 11.5 Å². The summed E-state index contributed by atoms with van der Waals surface area (Å²) in [5.41, 5.74) is 1.96. The summed E-state index contributed by atoms with van der Waals surface area (Å²) in [5, 5.41) is 0.766. The number of aromatic amines is 1. The van der Waals surface area contributed by atoms with Crippen LogP contribution in [-0.4, -0.2) is 24.2 Å². The van der Waals surface area contributed by atoms with Gasteiger partial charge in [0.15, 0.2) is 0 Å². The zero-order valence-electron chi connectivity index (χ0n) is 13.1. The molecule has 2 aromatic carbocycles. The van der Waals surface area contributed by atoms with Crippen LogP contribution < -0.4 is 15.1 Å². The fraction of sp³-hybridized carbons (Fsp3) is 0.111. The molecule has 0 bridgehead atoms. The second-order valence-corrected chi connectivity index (χ2v) is 5.32. The second kappa shape index (κ2) is 5.42. The maximum absolute atomic E-state index is 12.3. The van der Waals surface area contributed by atoms with Gasteiger partial charge in [0.1, 0.15) is 28.5 Å². The molecule has 120 valence electrons. The van der Waals surface area contributed by atoms with Crippen LogP contribution in [0.2, 0.25) is 0 Å². The van der Waals surface area contributed by atoms with Gasteiger partial charge in [-0.1, -0.05) is 0 Å². The van der Waals surface area contributed by atoms with Crippen molar-refractivity contribution >= 4 is 22.0 Å². The molecule has 6 nitrogen and oxygen atoms in total. The van der Waals surface area contributed by atoms with Gasteiger partial charge in [0.25, 0.3) is 0 Å². The van der Waals surface area contributed by atoms with Crippen LogP contribution in [0.15, 0.2) is 51.7 Å². The molecule has 6 heteroatoms. The average molecular weight is 322 g/mol. The minimum Gasteiger partial charge on any atom is -0.497 e. The molecule has 0 fully saturated rings. The first-order valence-corrected chi connectivity index (χ1v) is 7.34. The number of methoxy groups -OCH3 is 2. The lowest BCUT2D eigenvalue weighted by Gasteiger charge is -2.02. The van der Waals surface area contributed by atoms with Crippen LogP contribution >= 0.6 is 0 Å². The van der Waals surface area contributed by atoms with Crippen molar-refractivity contribution in [2.24, 2.45) is 0 Å². The summed E-state index contributed by atoms with van der Waals surface area (Å²) in [4.78, 5) is 19.9. The second-order valence-electron chi connectivity index (χ2n) is 5.32. The molecule has 2 heterocycles. The maximum Gasteiger partial charge on any atom is 0.347 e. The first kappa shape index (κ1) is 14.3. The van der Waals surface area contributed by atoms with E-state index in [2.05, 4.69) is 9.97 Å². The molecule has 0 saturated carbocycles. The predicted octanol–water partition coefficient (Wildman–Crippen LogP) is 3.35. The van der Waals surface area contributed by atoms with Gasteiger partial charge < -0.3 is 18.9 Å². The Morgan fingerprint density at radius 1 is 1.00 bits per heavy atom. The number of ether oxygens (including phenoxy) is 2. The summed E-state index contributed by atoms with van der Waals surface area (Å²) < 4.78 is 15.8. The molecule has 0 saturated heterocycles. The first-order valence-electron chi connectivity index (χ1n) is 7.34. The molecule has 0 aliphatic rings. The molecule has 0 aliphatic carbocycles. The molecule has 0 radical (unpaired) electrons. The highest BCUT2D eigenvalue weighted by atomic mass is 16.5. The Labute approximate surface area is 136 Å². The van der Waals surface area contributed by atoms with E-state index in [0.29, 0.717) is 28.5 Å². The quantitative estimate of drug-likeness (QED) is 0.585. The van der Waals surface area contributed by atoms with Crippen molar-refractivity contribution in [1.82, 2.24) is 9.97 Å². The normalized spacial score (nSPS) is 11.1. The number of fused-ring (bicyclic) bond motifs is 2. The molecule has 4 aromatic rings. The average Bonchev–Trinajstić information content (AvgIpc) is 3.03. The van der Waals surface area contributed by atoms with Crippen molar-refractivity contribution in [2.75, 3.05) is 14.2 Å². The lowest BCUT2D eigenvalue weighted by molar-refractivity contribution is 0.415. The number of H-pyrrole nitrogens is 1.